The molecule has 1 aliphatic rings. The molecule has 19 heavy (non-hydrogen) atoms. The minimum Gasteiger partial charge on any atom is -0.350 e. The summed E-state index contributed by atoms with van der Waals surface area (Å²) >= 11 is 0. The van der Waals surface area contributed by atoms with Crippen LogP contribution in [0, 0.1) is 10.1 Å². The standard InChI is InChI=1S/C12H18N4O3/c1-3-4-10-11(16(18)19)12(14(2)13-10)15-7-5-9(17)6-8-15/h3-8H2,1-2H3. The van der Waals surface area contributed by atoms with Gasteiger partial charge in [-0.2, -0.15) is 5.10 Å². The molecule has 104 valence electrons. The van der Waals surface area contributed by atoms with Crippen molar-refractivity contribution in [3.05, 3.63) is 15.8 Å². The van der Waals surface area contributed by atoms with Gasteiger partial charge in [-0.25, -0.2) is 4.68 Å². The van der Waals surface area contributed by atoms with E-state index in [0.29, 0.717) is 43.9 Å². The van der Waals surface area contributed by atoms with Crippen LogP contribution in [0.5, 0.6) is 0 Å². The molecule has 1 aromatic heterocycles. The normalized spacial score (nSPS) is 15.9. The molecule has 0 aromatic carbocycles. The number of hydrogen-bond donors (Lipinski definition) is 0. The van der Waals surface area contributed by atoms with E-state index in [0.717, 1.165) is 6.42 Å². The second-order valence-electron chi connectivity index (χ2n) is 4.78. The Hall–Kier alpha value is -1.92. The van der Waals surface area contributed by atoms with Gasteiger partial charge in [-0.1, -0.05) is 13.3 Å². The number of Topliss-reactive ketones (excluding diaryl/α,β-unsaturated/α-hetero) is 1. The third-order valence-electron chi connectivity index (χ3n) is 3.35. The molecule has 0 aliphatic carbocycles. The number of nitro groups is 1. The number of rotatable bonds is 4. The molecule has 1 saturated heterocycles. The number of nitrogens with zero attached hydrogens (tertiary/aromatic N) is 4. The minimum absolute atomic E-state index is 0.0960. The molecule has 0 saturated carbocycles. The summed E-state index contributed by atoms with van der Waals surface area (Å²) in [6.45, 7) is 3.03. The van der Waals surface area contributed by atoms with Crippen molar-refractivity contribution >= 4 is 17.3 Å². The minimum atomic E-state index is -0.357. The van der Waals surface area contributed by atoms with Gasteiger partial charge in [0.1, 0.15) is 11.5 Å². The van der Waals surface area contributed by atoms with Crippen LogP contribution < -0.4 is 4.90 Å². The highest BCUT2D eigenvalue weighted by atomic mass is 16.6. The molecular formula is C12H18N4O3. The van der Waals surface area contributed by atoms with E-state index in [1.165, 1.54) is 0 Å². The Morgan fingerprint density at radius 2 is 2.00 bits per heavy atom. The number of anilines is 1. The van der Waals surface area contributed by atoms with Crippen molar-refractivity contribution in [1.29, 1.82) is 0 Å². The van der Waals surface area contributed by atoms with Crippen LogP contribution in [-0.2, 0) is 18.3 Å². The maximum absolute atomic E-state index is 11.3. The number of aromatic nitrogens is 2. The average molecular weight is 266 g/mol. The molecule has 7 heteroatoms. The van der Waals surface area contributed by atoms with Crippen LogP contribution in [0.2, 0.25) is 0 Å². The first-order chi connectivity index (χ1) is 9.04. The quantitative estimate of drug-likeness (QED) is 0.608. The highest BCUT2D eigenvalue weighted by Gasteiger charge is 2.31. The van der Waals surface area contributed by atoms with Gasteiger partial charge in [0.15, 0.2) is 0 Å². The molecule has 7 nitrogen and oxygen atoms in total. The average Bonchev–Trinajstić information content (AvgIpc) is 2.68. The molecule has 0 N–H and O–H groups in total. The molecule has 0 unspecified atom stereocenters. The van der Waals surface area contributed by atoms with Crippen molar-refractivity contribution in [1.82, 2.24) is 9.78 Å². The van der Waals surface area contributed by atoms with Gasteiger partial charge in [-0.15, -0.1) is 0 Å². The first kappa shape index (κ1) is 13.5. The van der Waals surface area contributed by atoms with Crippen molar-refractivity contribution in [2.45, 2.75) is 32.6 Å². The van der Waals surface area contributed by atoms with E-state index in [-0.39, 0.29) is 16.4 Å². The fraction of sp³-hybridized carbons (Fsp3) is 0.667. The van der Waals surface area contributed by atoms with Gasteiger partial charge in [0, 0.05) is 33.0 Å². The summed E-state index contributed by atoms with van der Waals surface area (Å²) in [4.78, 5) is 24.1. The monoisotopic (exact) mass is 266 g/mol. The lowest BCUT2D eigenvalue weighted by Crippen LogP contribution is -2.35. The number of hydrogen-bond acceptors (Lipinski definition) is 5. The lowest BCUT2D eigenvalue weighted by atomic mass is 10.1. The lowest BCUT2D eigenvalue weighted by molar-refractivity contribution is -0.384. The van der Waals surface area contributed by atoms with Crippen LogP contribution >= 0.6 is 0 Å². The largest absolute Gasteiger partial charge is 0.350 e. The number of carbonyl (C=O) groups is 1. The van der Waals surface area contributed by atoms with Gasteiger partial charge in [0.05, 0.1) is 4.92 Å². The summed E-state index contributed by atoms with van der Waals surface area (Å²) in [6, 6.07) is 0. The van der Waals surface area contributed by atoms with Crippen LogP contribution in [0.4, 0.5) is 11.5 Å². The molecule has 0 atom stereocenters. The SMILES string of the molecule is CCCc1nn(C)c(N2CCC(=O)CC2)c1[N+](=O)[O-]. The van der Waals surface area contributed by atoms with E-state index in [1.807, 2.05) is 11.8 Å². The summed E-state index contributed by atoms with van der Waals surface area (Å²) in [5, 5.41) is 15.6. The van der Waals surface area contributed by atoms with E-state index in [1.54, 1.807) is 11.7 Å². The first-order valence-corrected chi connectivity index (χ1v) is 6.51. The Kier molecular flexibility index (Phi) is 3.82. The smallest absolute Gasteiger partial charge is 0.334 e. The highest BCUT2D eigenvalue weighted by Crippen LogP contribution is 2.33. The molecule has 2 rings (SSSR count). The molecule has 0 bridgehead atoms. The molecule has 0 radical (unpaired) electrons. The van der Waals surface area contributed by atoms with Crippen LogP contribution in [0.1, 0.15) is 31.9 Å². The number of aryl methyl sites for hydroxylation is 2. The number of piperidine rings is 1. The van der Waals surface area contributed by atoms with Crippen molar-refractivity contribution in [3.8, 4) is 0 Å². The van der Waals surface area contributed by atoms with Gasteiger partial charge < -0.3 is 4.90 Å². The van der Waals surface area contributed by atoms with Crippen molar-refractivity contribution in [2.75, 3.05) is 18.0 Å². The van der Waals surface area contributed by atoms with Gasteiger partial charge in [0.25, 0.3) is 0 Å². The Morgan fingerprint density at radius 3 is 2.53 bits per heavy atom. The van der Waals surface area contributed by atoms with Crippen molar-refractivity contribution < 1.29 is 9.72 Å². The van der Waals surface area contributed by atoms with E-state index in [4.69, 9.17) is 0 Å². The third-order valence-corrected chi connectivity index (χ3v) is 3.35. The summed E-state index contributed by atoms with van der Waals surface area (Å²) < 4.78 is 1.57. The Labute approximate surface area is 111 Å². The second kappa shape index (κ2) is 5.38. The van der Waals surface area contributed by atoms with E-state index in [9.17, 15) is 14.9 Å². The maximum atomic E-state index is 11.3. The summed E-state index contributed by atoms with van der Waals surface area (Å²) in [5.41, 5.74) is 0.626. The van der Waals surface area contributed by atoms with Crippen molar-refractivity contribution in [2.24, 2.45) is 7.05 Å². The summed E-state index contributed by atoms with van der Waals surface area (Å²) in [5.74, 6) is 0.746. The van der Waals surface area contributed by atoms with Crippen LogP contribution in [0.25, 0.3) is 0 Å². The van der Waals surface area contributed by atoms with E-state index < -0.39 is 0 Å². The predicted molar refractivity (Wildman–Crippen MR) is 70.3 cm³/mol. The zero-order valence-corrected chi connectivity index (χ0v) is 11.3. The van der Waals surface area contributed by atoms with Crippen LogP contribution in [0.3, 0.4) is 0 Å². The molecule has 1 fully saturated rings. The van der Waals surface area contributed by atoms with Gasteiger partial charge >= 0.3 is 5.69 Å². The zero-order chi connectivity index (χ0) is 14.0. The fourth-order valence-corrected chi connectivity index (χ4v) is 2.47. The summed E-state index contributed by atoms with van der Waals surface area (Å²) in [7, 11) is 1.72. The van der Waals surface area contributed by atoms with Gasteiger partial charge in [0.2, 0.25) is 5.82 Å². The Morgan fingerprint density at radius 1 is 1.37 bits per heavy atom. The number of carbonyl (C=O) groups excluding carboxylic acids is 1. The molecule has 0 amide bonds. The lowest BCUT2D eigenvalue weighted by Gasteiger charge is -2.26. The molecule has 0 spiro atoms. The maximum Gasteiger partial charge on any atom is 0.334 e. The third kappa shape index (κ3) is 2.59. The molecular weight excluding hydrogens is 248 g/mol. The van der Waals surface area contributed by atoms with Crippen molar-refractivity contribution in [3.63, 3.8) is 0 Å². The zero-order valence-electron chi connectivity index (χ0n) is 11.3. The first-order valence-electron chi connectivity index (χ1n) is 6.51. The van der Waals surface area contributed by atoms with E-state index >= 15 is 0 Å². The Bertz CT molecular complexity index is 499. The summed E-state index contributed by atoms with van der Waals surface area (Å²) in [6.07, 6.45) is 2.31. The van der Waals surface area contributed by atoms with Gasteiger partial charge in [-0.05, 0) is 6.42 Å². The molecule has 2 heterocycles. The second-order valence-corrected chi connectivity index (χ2v) is 4.78. The highest BCUT2D eigenvalue weighted by molar-refractivity contribution is 5.81. The topological polar surface area (TPSA) is 81.3 Å². The predicted octanol–water partition coefficient (Wildman–Crippen LogP) is 1.45. The molecule has 1 aliphatic heterocycles. The van der Waals surface area contributed by atoms with E-state index in [2.05, 4.69) is 5.10 Å². The van der Waals surface area contributed by atoms with Crippen LogP contribution in [-0.4, -0.2) is 33.6 Å². The number of ketones is 1. The Balaban J connectivity index is 2.38. The van der Waals surface area contributed by atoms with Crippen LogP contribution in [0.15, 0.2) is 0 Å². The molecule has 1 aromatic rings. The fourth-order valence-electron chi connectivity index (χ4n) is 2.47. The van der Waals surface area contributed by atoms with Gasteiger partial charge in [-0.3, -0.25) is 14.9 Å².